The normalized spacial score (nSPS) is 10.4. The average Bonchev–Trinajstić information content (AvgIpc) is 2.82. The molecule has 1 N–H and O–H groups in total. The lowest BCUT2D eigenvalue weighted by atomic mass is 10.4. The van der Waals surface area contributed by atoms with Crippen LogP contribution >= 0.6 is 11.3 Å². The third-order valence-electron chi connectivity index (χ3n) is 2.29. The summed E-state index contributed by atoms with van der Waals surface area (Å²) < 4.78 is 5.11. The molecule has 2 heterocycles. The Kier molecular flexibility index (Phi) is 4.09. The number of nitrogens with one attached hydrogen (secondary N) is 1. The van der Waals surface area contributed by atoms with Crippen molar-refractivity contribution in [1.29, 1.82) is 0 Å². The minimum absolute atomic E-state index is 0.338. The Hall–Kier alpha value is -1.69. The van der Waals surface area contributed by atoms with Crippen LogP contribution < -0.4 is 10.1 Å². The van der Waals surface area contributed by atoms with Crippen molar-refractivity contribution >= 4 is 17.3 Å². The van der Waals surface area contributed by atoms with E-state index >= 15 is 0 Å². The molecule has 2 aromatic rings. The van der Waals surface area contributed by atoms with Crippen molar-refractivity contribution < 1.29 is 4.74 Å². The summed E-state index contributed by atoms with van der Waals surface area (Å²) in [6.45, 7) is 4.98. The predicted octanol–water partition coefficient (Wildman–Crippen LogP) is 2.74. The molecule has 0 spiro atoms. The van der Waals surface area contributed by atoms with Gasteiger partial charge < -0.3 is 10.1 Å². The second-order valence-electron chi connectivity index (χ2n) is 3.81. The Labute approximate surface area is 110 Å². The molecule has 0 aromatic carbocycles. The Bertz CT molecular complexity index is 527. The van der Waals surface area contributed by atoms with Gasteiger partial charge in [-0.25, -0.2) is 0 Å². The summed E-state index contributed by atoms with van der Waals surface area (Å²) in [4.78, 5) is 15.1. The van der Waals surface area contributed by atoms with E-state index in [-0.39, 0.29) is 0 Å². The maximum atomic E-state index is 5.11. The van der Waals surface area contributed by atoms with Gasteiger partial charge >= 0.3 is 6.01 Å². The fourth-order valence-corrected chi connectivity index (χ4v) is 2.23. The van der Waals surface area contributed by atoms with Gasteiger partial charge in [-0.15, -0.1) is 11.3 Å². The molecule has 6 heteroatoms. The van der Waals surface area contributed by atoms with Crippen LogP contribution in [0.3, 0.4) is 0 Å². The summed E-state index contributed by atoms with van der Waals surface area (Å²) in [6, 6.07) is 4.40. The highest BCUT2D eigenvalue weighted by Gasteiger charge is 2.10. The zero-order valence-electron chi connectivity index (χ0n) is 10.7. The van der Waals surface area contributed by atoms with E-state index in [0.717, 1.165) is 17.8 Å². The molecular weight excluding hydrogens is 248 g/mol. The topological polar surface area (TPSA) is 59.9 Å². The minimum Gasteiger partial charge on any atom is -0.467 e. The molecule has 0 unspecified atom stereocenters. The summed E-state index contributed by atoms with van der Waals surface area (Å²) >= 11 is 1.66. The lowest BCUT2D eigenvalue weighted by Crippen LogP contribution is -2.07. The molecule has 0 bridgehead atoms. The molecule has 0 aliphatic heterocycles. The molecule has 0 aliphatic rings. The number of anilines is 1. The van der Waals surface area contributed by atoms with Gasteiger partial charge in [-0.1, -0.05) is 6.92 Å². The van der Waals surface area contributed by atoms with Crippen molar-refractivity contribution in [3.8, 4) is 16.7 Å². The lowest BCUT2D eigenvalue weighted by Gasteiger charge is -2.06. The first kappa shape index (κ1) is 12.8. The Morgan fingerprint density at radius 2 is 2.11 bits per heavy atom. The van der Waals surface area contributed by atoms with Gasteiger partial charge in [0.2, 0.25) is 5.95 Å². The van der Waals surface area contributed by atoms with Crippen LogP contribution in [0.5, 0.6) is 6.01 Å². The second-order valence-corrected chi connectivity index (χ2v) is 5.09. The van der Waals surface area contributed by atoms with E-state index < -0.39 is 0 Å². The Morgan fingerprint density at radius 3 is 2.72 bits per heavy atom. The third kappa shape index (κ3) is 2.95. The summed E-state index contributed by atoms with van der Waals surface area (Å²) in [6.07, 6.45) is 1.02. The fraction of sp³-hybridized carbons (Fsp3) is 0.417. The van der Waals surface area contributed by atoms with Crippen molar-refractivity contribution in [2.24, 2.45) is 0 Å². The molecule has 5 nitrogen and oxygen atoms in total. The number of aryl methyl sites for hydroxylation is 1. The largest absolute Gasteiger partial charge is 0.467 e. The smallest absolute Gasteiger partial charge is 0.321 e. The van der Waals surface area contributed by atoms with Gasteiger partial charge in [-0.2, -0.15) is 15.0 Å². The van der Waals surface area contributed by atoms with Gasteiger partial charge in [0, 0.05) is 11.4 Å². The first-order chi connectivity index (χ1) is 8.72. The lowest BCUT2D eigenvalue weighted by molar-refractivity contribution is 0.379. The zero-order valence-corrected chi connectivity index (χ0v) is 11.5. The third-order valence-corrected chi connectivity index (χ3v) is 3.29. The fourth-order valence-electron chi connectivity index (χ4n) is 1.43. The van der Waals surface area contributed by atoms with E-state index in [2.05, 4.69) is 40.2 Å². The molecule has 0 radical (unpaired) electrons. The van der Waals surface area contributed by atoms with Crippen LogP contribution in [0.25, 0.3) is 10.7 Å². The van der Waals surface area contributed by atoms with E-state index in [0.29, 0.717) is 17.8 Å². The number of thiophene rings is 1. The number of ether oxygens (including phenoxy) is 1. The van der Waals surface area contributed by atoms with Crippen molar-refractivity contribution in [3.05, 3.63) is 17.0 Å². The molecule has 96 valence electrons. The zero-order chi connectivity index (χ0) is 13.0. The summed E-state index contributed by atoms with van der Waals surface area (Å²) in [7, 11) is 1.56. The monoisotopic (exact) mass is 264 g/mol. The molecule has 2 aromatic heterocycles. The molecular formula is C12H16N4OS. The van der Waals surface area contributed by atoms with Gasteiger partial charge in [0.05, 0.1) is 12.0 Å². The number of aromatic nitrogens is 3. The molecule has 0 saturated carbocycles. The standard InChI is InChI=1S/C12H16N4OS/c1-4-7-13-11-14-10(15-12(16-11)17-3)9-6-5-8(2)18-9/h5-6H,4,7H2,1-3H3,(H,13,14,15,16). The number of hydrogen-bond acceptors (Lipinski definition) is 6. The second kappa shape index (κ2) is 5.77. The van der Waals surface area contributed by atoms with Crippen molar-refractivity contribution in [2.75, 3.05) is 19.0 Å². The van der Waals surface area contributed by atoms with Crippen LogP contribution in [0.4, 0.5) is 5.95 Å². The molecule has 0 amide bonds. The van der Waals surface area contributed by atoms with Gasteiger partial charge in [-0.3, -0.25) is 0 Å². The van der Waals surface area contributed by atoms with Crippen LogP contribution in [0.15, 0.2) is 12.1 Å². The van der Waals surface area contributed by atoms with Crippen LogP contribution in [-0.4, -0.2) is 28.6 Å². The van der Waals surface area contributed by atoms with E-state index in [1.54, 1.807) is 18.4 Å². The summed E-state index contributed by atoms with van der Waals surface area (Å²) in [5, 5.41) is 3.15. The Balaban J connectivity index is 2.34. The summed E-state index contributed by atoms with van der Waals surface area (Å²) in [5.74, 6) is 1.21. The van der Waals surface area contributed by atoms with E-state index in [4.69, 9.17) is 4.74 Å². The Morgan fingerprint density at radius 1 is 1.28 bits per heavy atom. The highest BCUT2D eigenvalue weighted by molar-refractivity contribution is 7.15. The van der Waals surface area contributed by atoms with E-state index in [1.807, 2.05) is 6.07 Å². The number of hydrogen-bond donors (Lipinski definition) is 1. The van der Waals surface area contributed by atoms with E-state index in [1.165, 1.54) is 4.88 Å². The van der Waals surface area contributed by atoms with Gasteiger partial charge in [0.15, 0.2) is 5.82 Å². The predicted molar refractivity (Wildman–Crippen MR) is 73.2 cm³/mol. The van der Waals surface area contributed by atoms with E-state index in [9.17, 15) is 0 Å². The number of nitrogens with zero attached hydrogens (tertiary/aromatic N) is 3. The van der Waals surface area contributed by atoms with Crippen molar-refractivity contribution in [1.82, 2.24) is 15.0 Å². The first-order valence-corrected chi connectivity index (χ1v) is 6.65. The SMILES string of the molecule is CCCNc1nc(OC)nc(-c2ccc(C)s2)n1. The van der Waals surface area contributed by atoms with Gasteiger partial charge in [0.25, 0.3) is 0 Å². The highest BCUT2D eigenvalue weighted by Crippen LogP contribution is 2.26. The molecule has 0 saturated heterocycles. The number of rotatable bonds is 5. The quantitative estimate of drug-likeness (QED) is 0.899. The van der Waals surface area contributed by atoms with Crippen LogP contribution in [0.2, 0.25) is 0 Å². The first-order valence-electron chi connectivity index (χ1n) is 5.83. The van der Waals surface area contributed by atoms with Crippen LogP contribution in [-0.2, 0) is 0 Å². The van der Waals surface area contributed by atoms with Gasteiger partial charge in [-0.05, 0) is 25.5 Å². The van der Waals surface area contributed by atoms with Crippen molar-refractivity contribution in [3.63, 3.8) is 0 Å². The molecule has 2 rings (SSSR count). The van der Waals surface area contributed by atoms with Crippen LogP contribution in [0.1, 0.15) is 18.2 Å². The van der Waals surface area contributed by atoms with Crippen LogP contribution in [0, 0.1) is 6.92 Å². The van der Waals surface area contributed by atoms with Crippen molar-refractivity contribution in [2.45, 2.75) is 20.3 Å². The highest BCUT2D eigenvalue weighted by atomic mass is 32.1. The van der Waals surface area contributed by atoms with Gasteiger partial charge in [0.1, 0.15) is 0 Å². The molecule has 0 aliphatic carbocycles. The maximum Gasteiger partial charge on any atom is 0.321 e. The molecule has 0 atom stereocenters. The molecule has 18 heavy (non-hydrogen) atoms. The number of methoxy groups -OCH3 is 1. The average molecular weight is 264 g/mol. The summed E-state index contributed by atoms with van der Waals surface area (Å²) in [5.41, 5.74) is 0. The minimum atomic E-state index is 0.338. The molecule has 0 fully saturated rings. The maximum absolute atomic E-state index is 5.11.